The normalized spacial score (nSPS) is 26.4. The summed E-state index contributed by atoms with van der Waals surface area (Å²) in [6.07, 6.45) is 5.48. The molecule has 1 aliphatic carbocycles. The lowest BCUT2D eigenvalue weighted by atomic mass is 9.86. The van der Waals surface area contributed by atoms with Gasteiger partial charge in [-0.15, -0.1) is 0 Å². The molecular formula is C12H15NO3. The highest BCUT2D eigenvalue weighted by molar-refractivity contribution is 5.92. The standard InChI is InChI=1S/C12H15NO3/c13-8-10(11(14)15)9-3-6-16-12(7-9)4-1-2-5-12/h1-7H2,(H,14,15). The summed E-state index contributed by atoms with van der Waals surface area (Å²) in [5.74, 6) is -1.10. The summed E-state index contributed by atoms with van der Waals surface area (Å²) in [7, 11) is 0. The average Bonchev–Trinajstić information content (AvgIpc) is 2.67. The summed E-state index contributed by atoms with van der Waals surface area (Å²) in [5.41, 5.74) is 0.531. The van der Waals surface area contributed by atoms with Crippen LogP contribution in [0.15, 0.2) is 11.1 Å². The Bertz CT molecular complexity index is 372. The van der Waals surface area contributed by atoms with Gasteiger partial charge in [-0.1, -0.05) is 12.8 Å². The third-order valence-corrected chi connectivity index (χ3v) is 3.54. The third kappa shape index (κ3) is 1.96. The second-order valence-electron chi connectivity index (χ2n) is 4.56. The van der Waals surface area contributed by atoms with E-state index in [0.717, 1.165) is 31.3 Å². The van der Waals surface area contributed by atoms with E-state index in [9.17, 15) is 4.79 Å². The number of rotatable bonds is 1. The van der Waals surface area contributed by atoms with Crippen LogP contribution in [0.5, 0.6) is 0 Å². The topological polar surface area (TPSA) is 70.3 Å². The van der Waals surface area contributed by atoms with Gasteiger partial charge in [0.2, 0.25) is 0 Å². The minimum atomic E-state index is -1.10. The molecule has 2 aliphatic rings. The van der Waals surface area contributed by atoms with E-state index < -0.39 is 5.97 Å². The number of carboxylic acids is 1. The fourth-order valence-electron chi connectivity index (χ4n) is 2.75. The van der Waals surface area contributed by atoms with Crippen LogP contribution >= 0.6 is 0 Å². The molecule has 0 amide bonds. The van der Waals surface area contributed by atoms with Crippen molar-refractivity contribution in [1.82, 2.24) is 0 Å². The Morgan fingerprint density at radius 2 is 2.12 bits per heavy atom. The van der Waals surface area contributed by atoms with Crippen molar-refractivity contribution in [2.24, 2.45) is 0 Å². The van der Waals surface area contributed by atoms with Gasteiger partial charge in [0.25, 0.3) is 0 Å². The van der Waals surface area contributed by atoms with E-state index in [2.05, 4.69) is 0 Å². The molecule has 16 heavy (non-hydrogen) atoms. The van der Waals surface area contributed by atoms with Crippen LogP contribution in [0, 0.1) is 11.3 Å². The zero-order valence-corrected chi connectivity index (χ0v) is 9.16. The van der Waals surface area contributed by atoms with Gasteiger partial charge < -0.3 is 9.84 Å². The van der Waals surface area contributed by atoms with E-state index in [4.69, 9.17) is 15.1 Å². The van der Waals surface area contributed by atoms with Crippen LogP contribution in [0.1, 0.15) is 38.5 Å². The average molecular weight is 221 g/mol. The molecule has 0 aromatic heterocycles. The molecule has 0 atom stereocenters. The molecule has 2 rings (SSSR count). The van der Waals surface area contributed by atoms with Crippen molar-refractivity contribution >= 4 is 5.97 Å². The second-order valence-corrected chi connectivity index (χ2v) is 4.56. The van der Waals surface area contributed by atoms with Crippen molar-refractivity contribution in [3.63, 3.8) is 0 Å². The van der Waals surface area contributed by atoms with Crippen molar-refractivity contribution in [3.05, 3.63) is 11.1 Å². The van der Waals surface area contributed by atoms with Crippen molar-refractivity contribution in [3.8, 4) is 6.07 Å². The van der Waals surface area contributed by atoms with Crippen LogP contribution in [0.25, 0.3) is 0 Å². The Kier molecular flexibility index (Phi) is 2.97. The second kappa shape index (κ2) is 4.26. The first-order chi connectivity index (χ1) is 7.67. The van der Waals surface area contributed by atoms with Crippen LogP contribution in [0.3, 0.4) is 0 Å². The van der Waals surface area contributed by atoms with E-state index in [1.807, 2.05) is 0 Å². The van der Waals surface area contributed by atoms with Crippen molar-refractivity contribution < 1.29 is 14.6 Å². The quantitative estimate of drug-likeness (QED) is 0.543. The molecule has 86 valence electrons. The smallest absolute Gasteiger partial charge is 0.346 e. The fraction of sp³-hybridized carbons (Fsp3) is 0.667. The first-order valence-corrected chi connectivity index (χ1v) is 5.66. The molecule has 0 bridgehead atoms. The number of hydrogen-bond acceptors (Lipinski definition) is 3. The van der Waals surface area contributed by atoms with Gasteiger partial charge in [0.1, 0.15) is 11.6 Å². The number of ether oxygens (including phenoxy) is 1. The highest BCUT2D eigenvalue weighted by atomic mass is 16.5. The van der Waals surface area contributed by atoms with Gasteiger partial charge in [0.05, 0.1) is 12.2 Å². The summed E-state index contributed by atoms with van der Waals surface area (Å²) < 4.78 is 5.79. The van der Waals surface area contributed by atoms with Crippen LogP contribution in [0.2, 0.25) is 0 Å². The van der Waals surface area contributed by atoms with E-state index in [1.165, 1.54) is 0 Å². The highest BCUT2D eigenvalue weighted by Crippen LogP contribution is 2.42. The number of nitriles is 1. The Hall–Kier alpha value is -1.34. The predicted octanol–water partition coefficient (Wildman–Crippen LogP) is 2.01. The minimum absolute atomic E-state index is 0.0745. The lowest BCUT2D eigenvalue weighted by Gasteiger charge is -2.35. The molecule has 4 heteroatoms. The SMILES string of the molecule is N#CC(C(=O)O)=C1CCOC2(CCCC2)C1. The predicted molar refractivity (Wildman–Crippen MR) is 56.7 cm³/mol. The maximum atomic E-state index is 10.9. The summed E-state index contributed by atoms with van der Waals surface area (Å²) in [4.78, 5) is 10.9. The van der Waals surface area contributed by atoms with Crippen LogP contribution < -0.4 is 0 Å². The molecule has 4 nitrogen and oxygen atoms in total. The monoisotopic (exact) mass is 221 g/mol. The summed E-state index contributed by atoms with van der Waals surface area (Å²) in [6.45, 7) is 0.549. The third-order valence-electron chi connectivity index (χ3n) is 3.54. The van der Waals surface area contributed by atoms with E-state index in [0.29, 0.717) is 19.4 Å². The molecule has 1 saturated carbocycles. The molecule has 1 heterocycles. The molecular weight excluding hydrogens is 206 g/mol. The van der Waals surface area contributed by atoms with Gasteiger partial charge in [-0.05, 0) is 31.3 Å². The Morgan fingerprint density at radius 1 is 1.44 bits per heavy atom. The van der Waals surface area contributed by atoms with E-state index in [1.54, 1.807) is 6.07 Å². The number of nitrogens with zero attached hydrogens (tertiary/aromatic N) is 1. The molecule has 1 N–H and O–H groups in total. The van der Waals surface area contributed by atoms with Gasteiger partial charge in [0.15, 0.2) is 0 Å². The van der Waals surface area contributed by atoms with Gasteiger partial charge in [-0.3, -0.25) is 0 Å². The zero-order valence-electron chi connectivity index (χ0n) is 9.16. The van der Waals surface area contributed by atoms with Crippen LogP contribution in [-0.2, 0) is 9.53 Å². The van der Waals surface area contributed by atoms with Gasteiger partial charge in [0, 0.05) is 0 Å². The number of aliphatic carboxylic acids is 1. The van der Waals surface area contributed by atoms with Gasteiger partial charge in [-0.25, -0.2) is 4.79 Å². The number of carbonyl (C=O) groups is 1. The molecule has 0 aromatic rings. The fourth-order valence-corrected chi connectivity index (χ4v) is 2.75. The van der Waals surface area contributed by atoms with Gasteiger partial charge in [-0.2, -0.15) is 5.26 Å². The zero-order chi connectivity index (χ0) is 11.6. The van der Waals surface area contributed by atoms with Crippen molar-refractivity contribution in [2.45, 2.75) is 44.1 Å². The molecule has 1 aliphatic heterocycles. The lowest BCUT2D eigenvalue weighted by Crippen LogP contribution is -2.34. The van der Waals surface area contributed by atoms with Crippen LogP contribution in [-0.4, -0.2) is 23.3 Å². The summed E-state index contributed by atoms with van der Waals surface area (Å²) in [6, 6.07) is 1.80. The first kappa shape index (κ1) is 11.2. The van der Waals surface area contributed by atoms with E-state index >= 15 is 0 Å². The molecule has 0 aromatic carbocycles. The molecule has 0 radical (unpaired) electrons. The first-order valence-electron chi connectivity index (χ1n) is 5.66. The van der Waals surface area contributed by atoms with Gasteiger partial charge >= 0.3 is 5.97 Å². The Morgan fingerprint density at radius 3 is 2.69 bits per heavy atom. The molecule has 0 unspecified atom stereocenters. The summed E-state index contributed by atoms with van der Waals surface area (Å²) >= 11 is 0. The maximum absolute atomic E-state index is 10.9. The lowest BCUT2D eigenvalue weighted by molar-refractivity contribution is -0.132. The maximum Gasteiger partial charge on any atom is 0.346 e. The Balaban J connectivity index is 2.24. The number of hydrogen-bond donors (Lipinski definition) is 1. The van der Waals surface area contributed by atoms with Crippen LogP contribution in [0.4, 0.5) is 0 Å². The number of carboxylic acid groups (broad SMARTS) is 1. The molecule has 1 saturated heterocycles. The highest BCUT2D eigenvalue weighted by Gasteiger charge is 2.39. The largest absolute Gasteiger partial charge is 0.477 e. The molecule has 1 spiro atoms. The van der Waals surface area contributed by atoms with Crippen molar-refractivity contribution in [1.29, 1.82) is 5.26 Å². The molecule has 2 fully saturated rings. The Labute approximate surface area is 94.5 Å². The minimum Gasteiger partial charge on any atom is -0.477 e. The van der Waals surface area contributed by atoms with E-state index in [-0.39, 0.29) is 11.2 Å². The summed E-state index contributed by atoms with van der Waals surface area (Å²) in [5, 5.41) is 17.8. The van der Waals surface area contributed by atoms with Crippen molar-refractivity contribution in [2.75, 3.05) is 6.61 Å².